The van der Waals surface area contributed by atoms with Crippen LogP contribution in [0.4, 0.5) is 0 Å². The van der Waals surface area contributed by atoms with Crippen LogP contribution >= 0.6 is 0 Å². The molecule has 1 rings (SSSR count). The third-order valence-corrected chi connectivity index (χ3v) is 1.92. The Morgan fingerprint density at radius 3 is 2.45 bits per heavy atom. The molecular formula is C10H17N. The summed E-state index contributed by atoms with van der Waals surface area (Å²) < 4.78 is 0. The van der Waals surface area contributed by atoms with Gasteiger partial charge in [-0.25, -0.2) is 0 Å². The van der Waals surface area contributed by atoms with Crippen LogP contribution in [-0.2, 0) is 0 Å². The molecule has 0 aromatic heterocycles. The van der Waals surface area contributed by atoms with Gasteiger partial charge in [0.05, 0.1) is 0 Å². The minimum atomic E-state index is 0.213. The predicted octanol–water partition coefficient (Wildman–Crippen LogP) is 3.03. The highest BCUT2D eigenvalue weighted by Gasteiger charge is 2.18. The van der Waals surface area contributed by atoms with E-state index in [4.69, 9.17) is 0 Å². The first-order valence-corrected chi connectivity index (χ1v) is 4.25. The van der Waals surface area contributed by atoms with Crippen molar-refractivity contribution in [2.45, 2.75) is 34.1 Å². The summed E-state index contributed by atoms with van der Waals surface area (Å²) in [6.45, 7) is 8.84. The second kappa shape index (κ2) is 2.80. The number of rotatable bonds is 0. The lowest BCUT2D eigenvalue weighted by molar-refractivity contribution is 0.487. The molecule has 1 aliphatic rings. The van der Waals surface area contributed by atoms with Gasteiger partial charge in [0.2, 0.25) is 0 Å². The summed E-state index contributed by atoms with van der Waals surface area (Å²) in [7, 11) is 0. The third kappa shape index (κ3) is 2.18. The molecule has 0 fully saturated rings. The highest BCUT2D eigenvalue weighted by Crippen LogP contribution is 2.29. The minimum absolute atomic E-state index is 0.213. The van der Waals surface area contributed by atoms with E-state index in [1.165, 1.54) is 5.70 Å². The van der Waals surface area contributed by atoms with Crippen molar-refractivity contribution in [3.05, 3.63) is 11.8 Å². The molecule has 0 aliphatic carbocycles. The van der Waals surface area contributed by atoms with E-state index in [0.29, 0.717) is 5.92 Å². The molecule has 0 saturated heterocycles. The molecule has 11 heavy (non-hydrogen) atoms. The van der Waals surface area contributed by atoms with E-state index in [1.807, 2.05) is 6.21 Å². The van der Waals surface area contributed by atoms with Crippen molar-refractivity contribution in [1.82, 2.24) is 0 Å². The molecule has 0 aromatic carbocycles. The lowest BCUT2D eigenvalue weighted by atomic mass is 9.88. The van der Waals surface area contributed by atoms with Crippen molar-refractivity contribution >= 4 is 6.21 Å². The summed E-state index contributed by atoms with van der Waals surface area (Å²) in [6, 6.07) is 0. The molecule has 62 valence electrons. The third-order valence-electron chi connectivity index (χ3n) is 1.92. The summed E-state index contributed by atoms with van der Waals surface area (Å²) >= 11 is 0. The zero-order valence-corrected chi connectivity index (χ0v) is 7.89. The SMILES string of the molecule is CC1C=C(C(C)(C)C)N=CC1. The number of allylic oxidation sites excluding steroid dienone is 2. The summed E-state index contributed by atoms with van der Waals surface area (Å²) in [5.74, 6) is 0.668. The maximum atomic E-state index is 4.39. The van der Waals surface area contributed by atoms with Crippen LogP contribution in [0, 0.1) is 11.3 Å². The second-order valence-corrected chi connectivity index (χ2v) is 4.33. The monoisotopic (exact) mass is 151 g/mol. The van der Waals surface area contributed by atoms with E-state index in [-0.39, 0.29) is 5.41 Å². The molecular weight excluding hydrogens is 134 g/mol. The van der Waals surface area contributed by atoms with E-state index in [9.17, 15) is 0 Å². The van der Waals surface area contributed by atoms with Crippen LogP contribution in [0.15, 0.2) is 16.8 Å². The normalized spacial score (nSPS) is 25.1. The fourth-order valence-corrected chi connectivity index (χ4v) is 1.14. The number of aliphatic imine (C=N–C) groups is 1. The van der Waals surface area contributed by atoms with Gasteiger partial charge in [-0.15, -0.1) is 0 Å². The van der Waals surface area contributed by atoms with Crippen LogP contribution in [0.3, 0.4) is 0 Å². The second-order valence-electron chi connectivity index (χ2n) is 4.33. The van der Waals surface area contributed by atoms with E-state index in [2.05, 4.69) is 38.8 Å². The topological polar surface area (TPSA) is 12.4 Å². The average Bonchev–Trinajstić information content (AvgIpc) is 1.86. The van der Waals surface area contributed by atoms with Gasteiger partial charge in [-0.2, -0.15) is 0 Å². The first kappa shape index (κ1) is 8.51. The van der Waals surface area contributed by atoms with E-state index >= 15 is 0 Å². The fraction of sp³-hybridized carbons (Fsp3) is 0.700. The Morgan fingerprint density at radius 1 is 1.45 bits per heavy atom. The molecule has 1 nitrogen and oxygen atoms in total. The van der Waals surface area contributed by atoms with E-state index in [0.717, 1.165) is 6.42 Å². The Labute approximate surface area is 69.2 Å². The van der Waals surface area contributed by atoms with Gasteiger partial charge in [0.1, 0.15) is 0 Å². The van der Waals surface area contributed by atoms with Crippen molar-refractivity contribution in [1.29, 1.82) is 0 Å². The molecule has 1 heterocycles. The quantitative estimate of drug-likeness (QED) is 0.504. The zero-order chi connectivity index (χ0) is 8.48. The average molecular weight is 151 g/mol. The summed E-state index contributed by atoms with van der Waals surface area (Å²) in [5.41, 5.74) is 1.45. The summed E-state index contributed by atoms with van der Waals surface area (Å²) in [5, 5.41) is 0. The minimum Gasteiger partial charge on any atom is -0.265 e. The molecule has 0 N–H and O–H groups in total. The number of nitrogens with zero attached hydrogens (tertiary/aromatic N) is 1. The van der Waals surface area contributed by atoms with Crippen LogP contribution in [-0.4, -0.2) is 6.21 Å². The van der Waals surface area contributed by atoms with Crippen molar-refractivity contribution < 1.29 is 0 Å². The number of hydrogen-bond acceptors (Lipinski definition) is 1. The van der Waals surface area contributed by atoms with Crippen molar-refractivity contribution in [3.8, 4) is 0 Å². The molecule has 0 spiro atoms. The Morgan fingerprint density at radius 2 is 2.09 bits per heavy atom. The van der Waals surface area contributed by atoms with Gasteiger partial charge in [-0.3, -0.25) is 4.99 Å². The smallest absolute Gasteiger partial charge is 0.0416 e. The molecule has 0 aromatic rings. The maximum Gasteiger partial charge on any atom is 0.0416 e. The van der Waals surface area contributed by atoms with Gasteiger partial charge >= 0.3 is 0 Å². The van der Waals surface area contributed by atoms with Crippen molar-refractivity contribution in [2.24, 2.45) is 16.3 Å². The van der Waals surface area contributed by atoms with Gasteiger partial charge in [0, 0.05) is 17.3 Å². The van der Waals surface area contributed by atoms with Crippen LogP contribution in [0.1, 0.15) is 34.1 Å². The molecule has 0 amide bonds. The molecule has 0 radical (unpaired) electrons. The molecule has 1 aliphatic heterocycles. The molecule has 1 heteroatoms. The number of hydrogen-bond donors (Lipinski definition) is 0. The largest absolute Gasteiger partial charge is 0.265 e. The lowest BCUT2D eigenvalue weighted by Crippen LogP contribution is -2.12. The maximum absolute atomic E-state index is 4.39. The first-order chi connectivity index (χ1) is 5.00. The molecule has 0 bridgehead atoms. The van der Waals surface area contributed by atoms with Crippen molar-refractivity contribution in [2.75, 3.05) is 0 Å². The first-order valence-electron chi connectivity index (χ1n) is 4.25. The van der Waals surface area contributed by atoms with Gasteiger partial charge in [0.25, 0.3) is 0 Å². The molecule has 1 atom stereocenters. The van der Waals surface area contributed by atoms with Gasteiger partial charge in [-0.1, -0.05) is 33.8 Å². The Kier molecular flexibility index (Phi) is 2.17. The Hall–Kier alpha value is -0.590. The van der Waals surface area contributed by atoms with Crippen LogP contribution in [0.25, 0.3) is 0 Å². The fourth-order valence-electron chi connectivity index (χ4n) is 1.14. The van der Waals surface area contributed by atoms with Crippen molar-refractivity contribution in [3.63, 3.8) is 0 Å². The van der Waals surface area contributed by atoms with Gasteiger partial charge < -0.3 is 0 Å². The van der Waals surface area contributed by atoms with Gasteiger partial charge in [0.15, 0.2) is 0 Å². The van der Waals surface area contributed by atoms with E-state index < -0.39 is 0 Å². The lowest BCUT2D eigenvalue weighted by Gasteiger charge is -2.23. The van der Waals surface area contributed by atoms with Crippen LogP contribution in [0.2, 0.25) is 0 Å². The Balaban J connectivity index is 2.80. The highest BCUT2D eigenvalue weighted by atomic mass is 14.8. The van der Waals surface area contributed by atoms with Crippen LogP contribution < -0.4 is 0 Å². The summed E-state index contributed by atoms with van der Waals surface area (Å²) in [4.78, 5) is 4.39. The highest BCUT2D eigenvalue weighted by molar-refractivity contribution is 5.61. The standard InChI is InChI=1S/C10H17N/c1-8-5-6-11-9(7-8)10(2,3)4/h6-8H,5H2,1-4H3. The molecule has 1 unspecified atom stereocenters. The molecule has 0 saturated carbocycles. The Bertz CT molecular complexity index is 193. The van der Waals surface area contributed by atoms with Crippen LogP contribution in [0.5, 0.6) is 0 Å². The van der Waals surface area contributed by atoms with Gasteiger partial charge in [-0.05, 0) is 12.3 Å². The predicted molar refractivity (Wildman–Crippen MR) is 49.8 cm³/mol. The summed E-state index contributed by atoms with van der Waals surface area (Å²) in [6.07, 6.45) is 5.41. The van der Waals surface area contributed by atoms with E-state index in [1.54, 1.807) is 0 Å². The zero-order valence-electron chi connectivity index (χ0n) is 7.89.